The maximum Gasteiger partial charge on any atom is 0.254 e. The van der Waals surface area contributed by atoms with Gasteiger partial charge in [0, 0.05) is 36.6 Å². The van der Waals surface area contributed by atoms with E-state index in [1.807, 2.05) is 22.1 Å². The lowest BCUT2D eigenvalue weighted by Crippen LogP contribution is -2.44. The summed E-state index contributed by atoms with van der Waals surface area (Å²) in [6.45, 7) is 2.67. The molecule has 3 heterocycles. The number of hydrogen-bond donors (Lipinski definition) is 0. The molecule has 124 valence electrons. The molecule has 0 N–H and O–H groups in total. The third kappa shape index (κ3) is 2.88. The fraction of sp³-hybridized carbons (Fsp3) is 0.611. The first-order valence-corrected chi connectivity index (χ1v) is 9.09. The molecule has 3 aliphatic heterocycles. The zero-order valence-electron chi connectivity index (χ0n) is 13.3. The second-order valence-corrected chi connectivity index (χ2v) is 7.28. The van der Waals surface area contributed by atoms with Gasteiger partial charge < -0.3 is 4.90 Å². The van der Waals surface area contributed by atoms with Crippen LogP contribution >= 0.6 is 11.6 Å². The molecule has 3 aliphatic rings. The minimum atomic E-state index is -0.375. The number of fused-ring (bicyclic) bond motifs is 1. The van der Waals surface area contributed by atoms with Gasteiger partial charge in [0.25, 0.3) is 5.91 Å². The van der Waals surface area contributed by atoms with E-state index in [1.165, 1.54) is 12.0 Å². The molecule has 1 amide bonds. The van der Waals surface area contributed by atoms with Crippen LogP contribution in [0.5, 0.6) is 0 Å². The molecular weight excluding hydrogens is 312 g/mol. The number of likely N-dealkylation sites (tertiary alicyclic amines) is 1. The summed E-state index contributed by atoms with van der Waals surface area (Å²) in [5.41, 5.74) is 1.17. The normalized spacial score (nSPS) is 31.3. The molecule has 0 aromatic heterocycles. The van der Waals surface area contributed by atoms with Crippen LogP contribution in [0.1, 0.15) is 43.6 Å². The standard InChI is InChI=1S/C18H23ClN2O2/c19-14-8-6-13(7-9-14)16-15-5-4-12-21(15)23-17(16)18(22)20-10-2-1-3-11-20/h6-9,15-17H,1-5,10-12H2/t15?,16-,17-/m1/s1. The summed E-state index contributed by atoms with van der Waals surface area (Å²) in [7, 11) is 0. The summed E-state index contributed by atoms with van der Waals surface area (Å²) in [5.74, 6) is 0.281. The smallest absolute Gasteiger partial charge is 0.254 e. The number of benzene rings is 1. The number of amides is 1. The quantitative estimate of drug-likeness (QED) is 0.832. The van der Waals surface area contributed by atoms with Gasteiger partial charge in [-0.2, -0.15) is 5.06 Å². The Hall–Kier alpha value is -1.10. The van der Waals surface area contributed by atoms with Crippen molar-refractivity contribution in [3.63, 3.8) is 0 Å². The predicted octanol–water partition coefficient (Wildman–Crippen LogP) is 3.21. The van der Waals surface area contributed by atoms with Gasteiger partial charge >= 0.3 is 0 Å². The van der Waals surface area contributed by atoms with Crippen molar-refractivity contribution in [3.8, 4) is 0 Å². The van der Waals surface area contributed by atoms with Crippen LogP contribution in [0.2, 0.25) is 5.02 Å². The molecule has 0 radical (unpaired) electrons. The van der Waals surface area contributed by atoms with Gasteiger partial charge in [-0.15, -0.1) is 0 Å². The molecule has 4 rings (SSSR count). The molecule has 1 unspecified atom stereocenters. The highest BCUT2D eigenvalue weighted by molar-refractivity contribution is 6.30. The van der Waals surface area contributed by atoms with Crippen molar-refractivity contribution < 1.29 is 9.63 Å². The number of hydrogen-bond acceptors (Lipinski definition) is 3. The molecule has 0 spiro atoms. The Kier molecular flexibility index (Phi) is 4.31. The highest BCUT2D eigenvalue weighted by Crippen LogP contribution is 2.42. The maximum atomic E-state index is 13.0. The van der Waals surface area contributed by atoms with Gasteiger partial charge in [0.1, 0.15) is 0 Å². The highest BCUT2D eigenvalue weighted by Gasteiger charge is 2.50. The summed E-state index contributed by atoms with van der Waals surface area (Å²) >= 11 is 6.03. The number of hydroxylamine groups is 2. The van der Waals surface area contributed by atoms with Gasteiger partial charge in [0.15, 0.2) is 6.10 Å². The number of rotatable bonds is 2. The van der Waals surface area contributed by atoms with Gasteiger partial charge in [-0.1, -0.05) is 23.7 Å². The third-order valence-electron chi connectivity index (χ3n) is 5.40. The van der Waals surface area contributed by atoms with E-state index in [2.05, 4.69) is 12.1 Å². The summed E-state index contributed by atoms with van der Waals surface area (Å²) < 4.78 is 0. The number of halogens is 1. The fourth-order valence-corrected chi connectivity index (χ4v) is 4.37. The van der Waals surface area contributed by atoms with Crippen LogP contribution in [0.3, 0.4) is 0 Å². The molecule has 3 saturated heterocycles. The lowest BCUT2D eigenvalue weighted by Gasteiger charge is -2.30. The van der Waals surface area contributed by atoms with E-state index >= 15 is 0 Å². The van der Waals surface area contributed by atoms with Crippen molar-refractivity contribution in [1.29, 1.82) is 0 Å². The van der Waals surface area contributed by atoms with E-state index in [-0.39, 0.29) is 17.9 Å². The highest BCUT2D eigenvalue weighted by atomic mass is 35.5. The average Bonchev–Trinajstić information content (AvgIpc) is 3.17. The Morgan fingerprint density at radius 1 is 1.04 bits per heavy atom. The zero-order chi connectivity index (χ0) is 15.8. The first-order chi connectivity index (χ1) is 11.2. The van der Waals surface area contributed by atoms with Crippen molar-refractivity contribution in [2.75, 3.05) is 19.6 Å². The SMILES string of the molecule is O=C([C@@H]1ON2CCCC2[C@H]1c1ccc(Cl)cc1)N1CCCCC1. The van der Waals surface area contributed by atoms with Gasteiger partial charge in [0.05, 0.1) is 0 Å². The van der Waals surface area contributed by atoms with E-state index in [0.717, 1.165) is 50.3 Å². The van der Waals surface area contributed by atoms with Crippen LogP contribution in [0, 0.1) is 0 Å². The molecule has 5 heteroatoms. The first kappa shape index (κ1) is 15.4. The number of nitrogens with zero attached hydrogens (tertiary/aromatic N) is 2. The van der Waals surface area contributed by atoms with E-state index in [1.54, 1.807) is 0 Å². The van der Waals surface area contributed by atoms with Crippen LogP contribution in [0.25, 0.3) is 0 Å². The van der Waals surface area contributed by atoms with E-state index < -0.39 is 0 Å². The third-order valence-corrected chi connectivity index (χ3v) is 5.66. The minimum absolute atomic E-state index is 0.115. The van der Waals surface area contributed by atoms with Crippen LogP contribution in [0.15, 0.2) is 24.3 Å². The summed E-state index contributed by atoms with van der Waals surface area (Å²) in [4.78, 5) is 21.1. The van der Waals surface area contributed by atoms with Gasteiger partial charge in [-0.05, 0) is 49.8 Å². The fourth-order valence-electron chi connectivity index (χ4n) is 4.24. The average molecular weight is 335 g/mol. The van der Waals surface area contributed by atoms with Crippen molar-refractivity contribution in [1.82, 2.24) is 9.96 Å². The van der Waals surface area contributed by atoms with Crippen molar-refractivity contribution in [2.24, 2.45) is 0 Å². The molecule has 3 atom stereocenters. The molecule has 0 saturated carbocycles. The number of piperidine rings is 1. The summed E-state index contributed by atoms with van der Waals surface area (Å²) in [6, 6.07) is 8.24. The second-order valence-electron chi connectivity index (χ2n) is 6.84. The predicted molar refractivity (Wildman–Crippen MR) is 89.2 cm³/mol. The van der Waals surface area contributed by atoms with E-state index in [9.17, 15) is 4.79 Å². The Morgan fingerprint density at radius 3 is 2.52 bits per heavy atom. The molecule has 3 fully saturated rings. The maximum absolute atomic E-state index is 13.0. The first-order valence-electron chi connectivity index (χ1n) is 8.72. The van der Waals surface area contributed by atoms with Crippen LogP contribution in [-0.2, 0) is 9.63 Å². The monoisotopic (exact) mass is 334 g/mol. The van der Waals surface area contributed by atoms with E-state index in [4.69, 9.17) is 16.4 Å². The van der Waals surface area contributed by atoms with Crippen molar-refractivity contribution >= 4 is 17.5 Å². The molecular formula is C18H23ClN2O2. The van der Waals surface area contributed by atoms with E-state index in [0.29, 0.717) is 6.04 Å². The lowest BCUT2D eigenvalue weighted by molar-refractivity contribution is -0.174. The van der Waals surface area contributed by atoms with Crippen molar-refractivity contribution in [2.45, 2.75) is 50.2 Å². The molecule has 0 bridgehead atoms. The zero-order valence-corrected chi connectivity index (χ0v) is 14.0. The van der Waals surface area contributed by atoms with Crippen LogP contribution in [0.4, 0.5) is 0 Å². The van der Waals surface area contributed by atoms with Crippen LogP contribution < -0.4 is 0 Å². The van der Waals surface area contributed by atoms with Gasteiger partial charge in [-0.3, -0.25) is 9.63 Å². The summed E-state index contributed by atoms with van der Waals surface area (Å²) in [6.07, 6.45) is 5.30. The molecule has 1 aromatic carbocycles. The summed E-state index contributed by atoms with van der Waals surface area (Å²) in [5, 5.41) is 2.78. The molecule has 1 aromatic rings. The largest absolute Gasteiger partial charge is 0.340 e. The topological polar surface area (TPSA) is 32.8 Å². The Balaban J connectivity index is 1.61. The van der Waals surface area contributed by atoms with Gasteiger partial charge in [-0.25, -0.2) is 0 Å². The molecule has 4 nitrogen and oxygen atoms in total. The van der Waals surface area contributed by atoms with Crippen LogP contribution in [-0.4, -0.2) is 47.7 Å². The Labute approximate surface area is 142 Å². The number of carbonyl (C=O) groups excluding carboxylic acids is 1. The van der Waals surface area contributed by atoms with Crippen molar-refractivity contribution in [3.05, 3.63) is 34.9 Å². The Morgan fingerprint density at radius 2 is 1.78 bits per heavy atom. The molecule has 0 aliphatic carbocycles. The molecule has 23 heavy (non-hydrogen) atoms. The Bertz CT molecular complexity index is 571. The minimum Gasteiger partial charge on any atom is -0.340 e. The number of carbonyl (C=O) groups is 1. The lowest BCUT2D eigenvalue weighted by atomic mass is 9.86. The second kappa shape index (κ2) is 6.42. The van der Waals surface area contributed by atoms with Gasteiger partial charge in [0.2, 0.25) is 0 Å².